The molecule has 9 nitrogen and oxygen atoms in total. The van der Waals surface area contributed by atoms with Gasteiger partial charge in [-0.15, -0.1) is 0 Å². The van der Waals surface area contributed by atoms with Crippen LogP contribution in [0.25, 0.3) is 0 Å². The SMILES string of the molecule is COc1cc(OC)c(Cl)c(COc2cnc(Nc3ccc(N4CCC(N5CCN(C)CC5)CC4)c(C)c3)nc2)c1Cl. The molecule has 41 heavy (non-hydrogen) atoms. The van der Waals surface area contributed by atoms with Gasteiger partial charge in [0.15, 0.2) is 5.75 Å². The normalized spacial score (nSPS) is 17.0. The summed E-state index contributed by atoms with van der Waals surface area (Å²) in [6, 6.07) is 8.78. The van der Waals surface area contributed by atoms with Gasteiger partial charge < -0.3 is 29.3 Å². The fourth-order valence-corrected chi connectivity index (χ4v) is 6.16. The van der Waals surface area contributed by atoms with Crippen molar-refractivity contribution in [1.82, 2.24) is 19.8 Å². The largest absolute Gasteiger partial charge is 0.495 e. The van der Waals surface area contributed by atoms with Gasteiger partial charge in [-0.25, -0.2) is 9.97 Å². The van der Waals surface area contributed by atoms with Gasteiger partial charge in [0.25, 0.3) is 0 Å². The minimum absolute atomic E-state index is 0.106. The summed E-state index contributed by atoms with van der Waals surface area (Å²) in [5, 5.41) is 4.04. The van der Waals surface area contributed by atoms with Crippen LogP contribution in [0.5, 0.6) is 17.2 Å². The topological polar surface area (TPSA) is 75.2 Å². The summed E-state index contributed by atoms with van der Waals surface area (Å²) in [7, 11) is 5.28. The molecule has 2 aliphatic heterocycles. The van der Waals surface area contributed by atoms with E-state index in [1.165, 1.54) is 64.5 Å². The average Bonchev–Trinajstić information content (AvgIpc) is 2.99. The first-order valence-corrected chi connectivity index (χ1v) is 14.7. The Morgan fingerprint density at radius 1 is 0.902 bits per heavy atom. The van der Waals surface area contributed by atoms with Gasteiger partial charge in [-0.2, -0.15) is 0 Å². The molecule has 0 amide bonds. The molecule has 11 heteroatoms. The van der Waals surface area contributed by atoms with Crippen LogP contribution in [0.2, 0.25) is 10.0 Å². The van der Waals surface area contributed by atoms with E-state index in [1.807, 2.05) is 0 Å². The first-order chi connectivity index (χ1) is 19.9. The number of aryl methyl sites for hydroxylation is 1. The summed E-state index contributed by atoms with van der Waals surface area (Å²) in [4.78, 5) is 16.5. The smallest absolute Gasteiger partial charge is 0.227 e. The number of aromatic nitrogens is 2. The number of likely N-dealkylation sites (N-methyl/N-ethyl adjacent to an activating group) is 1. The third-order valence-electron chi connectivity index (χ3n) is 7.99. The van der Waals surface area contributed by atoms with Crippen molar-refractivity contribution in [2.45, 2.75) is 32.4 Å². The van der Waals surface area contributed by atoms with E-state index < -0.39 is 0 Å². The van der Waals surface area contributed by atoms with E-state index in [-0.39, 0.29) is 6.61 Å². The van der Waals surface area contributed by atoms with Gasteiger partial charge >= 0.3 is 0 Å². The number of nitrogens with one attached hydrogen (secondary N) is 1. The third-order valence-corrected chi connectivity index (χ3v) is 8.82. The van der Waals surface area contributed by atoms with Crippen molar-refractivity contribution in [3.8, 4) is 17.2 Å². The lowest BCUT2D eigenvalue weighted by Crippen LogP contribution is -2.52. The second-order valence-corrected chi connectivity index (χ2v) is 11.4. The molecule has 0 bridgehead atoms. The molecule has 5 rings (SSSR count). The Morgan fingerprint density at radius 3 is 2.12 bits per heavy atom. The summed E-state index contributed by atoms with van der Waals surface area (Å²) < 4.78 is 16.5. The zero-order chi connectivity index (χ0) is 28.9. The molecule has 0 radical (unpaired) electrons. The van der Waals surface area contributed by atoms with Crippen molar-refractivity contribution in [1.29, 1.82) is 0 Å². The molecule has 0 unspecified atom stereocenters. The van der Waals surface area contributed by atoms with Crippen LogP contribution in [0.3, 0.4) is 0 Å². The number of benzene rings is 2. The molecular formula is C30H38Cl2N6O3. The molecule has 0 spiro atoms. The van der Waals surface area contributed by atoms with Crippen LogP contribution in [-0.4, -0.2) is 86.3 Å². The highest BCUT2D eigenvalue weighted by atomic mass is 35.5. The molecule has 1 N–H and O–H groups in total. The lowest BCUT2D eigenvalue weighted by Gasteiger charge is -2.43. The highest BCUT2D eigenvalue weighted by Gasteiger charge is 2.27. The van der Waals surface area contributed by atoms with Crippen molar-refractivity contribution in [2.75, 3.05) is 70.8 Å². The van der Waals surface area contributed by atoms with Gasteiger partial charge in [0.2, 0.25) is 5.95 Å². The predicted molar refractivity (Wildman–Crippen MR) is 165 cm³/mol. The Labute approximate surface area is 252 Å². The standard InChI is InChI=1S/C30H38Cl2N6O3/c1-20-15-21(5-6-25(20)38-9-7-22(8-10-38)37-13-11-36(2)12-14-37)35-30-33-17-23(18-34-30)41-19-24-28(31)26(39-3)16-27(40-4)29(24)32/h5-6,15-18,22H,7-14,19H2,1-4H3,(H,33,34,35). The summed E-state index contributed by atoms with van der Waals surface area (Å²) in [6.07, 6.45) is 5.66. The van der Waals surface area contributed by atoms with Crippen molar-refractivity contribution in [3.05, 3.63) is 57.8 Å². The second kappa shape index (κ2) is 13.3. The quantitative estimate of drug-likeness (QED) is 0.335. The molecule has 0 aliphatic carbocycles. The predicted octanol–water partition coefficient (Wildman–Crippen LogP) is 5.65. The van der Waals surface area contributed by atoms with Crippen LogP contribution in [0.15, 0.2) is 36.7 Å². The van der Waals surface area contributed by atoms with Crippen LogP contribution < -0.4 is 24.4 Å². The van der Waals surface area contributed by atoms with Gasteiger partial charge in [0.1, 0.15) is 18.1 Å². The number of hydrogen-bond donors (Lipinski definition) is 1. The van der Waals surface area contributed by atoms with Gasteiger partial charge in [-0.3, -0.25) is 4.90 Å². The molecule has 0 atom stereocenters. The molecular weight excluding hydrogens is 563 g/mol. The number of nitrogens with zero attached hydrogens (tertiary/aromatic N) is 5. The fourth-order valence-electron chi connectivity index (χ4n) is 5.55. The molecule has 3 heterocycles. The van der Waals surface area contributed by atoms with Crippen LogP contribution >= 0.6 is 23.2 Å². The Morgan fingerprint density at radius 2 is 1.54 bits per heavy atom. The van der Waals surface area contributed by atoms with Crippen molar-refractivity contribution in [2.24, 2.45) is 0 Å². The summed E-state index contributed by atoms with van der Waals surface area (Å²) in [5.41, 5.74) is 4.03. The number of ether oxygens (including phenoxy) is 3. The fraction of sp³-hybridized carbons (Fsp3) is 0.467. The molecule has 220 valence electrons. The highest BCUT2D eigenvalue weighted by molar-refractivity contribution is 6.37. The zero-order valence-electron chi connectivity index (χ0n) is 24.1. The minimum Gasteiger partial charge on any atom is -0.495 e. The lowest BCUT2D eigenvalue weighted by atomic mass is 10.0. The van der Waals surface area contributed by atoms with E-state index in [2.05, 4.69) is 62.2 Å². The molecule has 2 saturated heterocycles. The Hall–Kier alpha value is -2.98. The van der Waals surface area contributed by atoms with Crippen LogP contribution in [-0.2, 0) is 6.61 Å². The van der Waals surface area contributed by atoms with Crippen molar-refractivity contribution < 1.29 is 14.2 Å². The average molecular weight is 602 g/mol. The van der Waals surface area contributed by atoms with Crippen LogP contribution in [0.1, 0.15) is 24.0 Å². The van der Waals surface area contributed by atoms with E-state index in [0.29, 0.717) is 44.8 Å². The minimum atomic E-state index is 0.106. The number of anilines is 3. The first-order valence-electron chi connectivity index (χ1n) is 13.9. The number of halogens is 2. The molecule has 3 aromatic rings. The summed E-state index contributed by atoms with van der Waals surface area (Å²) >= 11 is 12.9. The molecule has 2 aromatic carbocycles. The Bertz CT molecular complexity index is 1300. The van der Waals surface area contributed by atoms with Crippen LogP contribution in [0.4, 0.5) is 17.3 Å². The van der Waals surface area contributed by atoms with E-state index in [9.17, 15) is 0 Å². The van der Waals surface area contributed by atoms with Gasteiger partial charge in [0.05, 0.1) is 36.7 Å². The highest BCUT2D eigenvalue weighted by Crippen LogP contribution is 2.40. The number of methoxy groups -OCH3 is 2. The van der Waals surface area contributed by atoms with E-state index in [4.69, 9.17) is 37.4 Å². The van der Waals surface area contributed by atoms with Crippen molar-refractivity contribution >= 4 is 40.5 Å². The number of piperazine rings is 1. The van der Waals surface area contributed by atoms with E-state index >= 15 is 0 Å². The lowest BCUT2D eigenvalue weighted by molar-refractivity contribution is 0.0982. The molecule has 0 saturated carbocycles. The Balaban J connectivity index is 1.16. The maximum absolute atomic E-state index is 6.45. The first kappa shape index (κ1) is 29.5. The number of rotatable bonds is 9. The van der Waals surface area contributed by atoms with Crippen molar-refractivity contribution in [3.63, 3.8) is 0 Å². The number of piperidine rings is 1. The molecule has 2 fully saturated rings. The maximum atomic E-state index is 6.45. The molecule has 1 aromatic heterocycles. The van der Waals surface area contributed by atoms with Crippen LogP contribution in [0, 0.1) is 6.92 Å². The molecule has 2 aliphatic rings. The zero-order valence-corrected chi connectivity index (χ0v) is 25.6. The van der Waals surface area contributed by atoms with Gasteiger partial charge in [0, 0.05) is 68.3 Å². The monoisotopic (exact) mass is 600 g/mol. The van der Waals surface area contributed by atoms with Gasteiger partial charge in [-0.1, -0.05) is 23.2 Å². The third kappa shape index (κ3) is 6.92. The Kier molecular flexibility index (Phi) is 9.60. The second-order valence-electron chi connectivity index (χ2n) is 10.6. The maximum Gasteiger partial charge on any atom is 0.227 e. The summed E-state index contributed by atoms with van der Waals surface area (Å²) in [5.74, 6) is 1.88. The van der Waals surface area contributed by atoms with Gasteiger partial charge in [-0.05, 0) is 50.6 Å². The van der Waals surface area contributed by atoms with E-state index in [1.54, 1.807) is 18.5 Å². The van der Waals surface area contributed by atoms with E-state index in [0.717, 1.165) is 18.8 Å². The number of hydrogen-bond acceptors (Lipinski definition) is 9. The summed E-state index contributed by atoms with van der Waals surface area (Å²) in [6.45, 7) is 9.18.